The minimum atomic E-state index is -0.481. The molecule has 6 heteroatoms. The molecular formula is C13H26N4O2. The zero-order chi connectivity index (χ0) is 14.4. The van der Waals surface area contributed by atoms with Gasteiger partial charge in [-0.2, -0.15) is 0 Å². The maximum absolute atomic E-state index is 12.4. The van der Waals surface area contributed by atoms with E-state index in [1.807, 2.05) is 11.8 Å². The number of rotatable bonds is 5. The number of carbonyl (C=O) groups is 1. The molecule has 0 radical (unpaired) electrons. The summed E-state index contributed by atoms with van der Waals surface area (Å²) in [7, 11) is 4.14. The zero-order valence-corrected chi connectivity index (χ0v) is 12.2. The van der Waals surface area contributed by atoms with Gasteiger partial charge in [-0.05, 0) is 33.4 Å². The van der Waals surface area contributed by atoms with Crippen molar-refractivity contribution < 1.29 is 10.0 Å². The highest BCUT2D eigenvalue weighted by atomic mass is 16.4. The Morgan fingerprint density at radius 1 is 1.47 bits per heavy atom. The summed E-state index contributed by atoms with van der Waals surface area (Å²) < 4.78 is 0. The van der Waals surface area contributed by atoms with Crippen molar-refractivity contribution in [2.24, 2.45) is 16.8 Å². The van der Waals surface area contributed by atoms with Crippen molar-refractivity contribution in [2.45, 2.75) is 38.6 Å². The van der Waals surface area contributed by atoms with Gasteiger partial charge in [-0.15, -0.1) is 0 Å². The maximum atomic E-state index is 12.4. The molecule has 110 valence electrons. The highest BCUT2D eigenvalue weighted by Crippen LogP contribution is 2.18. The summed E-state index contributed by atoms with van der Waals surface area (Å²) in [4.78, 5) is 16.5. The Balaban J connectivity index is 2.62. The molecule has 0 aromatic heterocycles. The second kappa shape index (κ2) is 7.33. The number of amides is 1. The predicted molar refractivity (Wildman–Crippen MR) is 75.1 cm³/mol. The molecule has 0 spiro atoms. The first-order valence-electron chi connectivity index (χ1n) is 6.93. The lowest BCUT2D eigenvalue weighted by atomic mass is 9.97. The normalized spacial score (nSPS) is 19.8. The van der Waals surface area contributed by atoms with E-state index in [1.54, 1.807) is 0 Å². The number of hydrogen-bond acceptors (Lipinski definition) is 4. The molecule has 1 aliphatic heterocycles. The number of hydrogen-bond donors (Lipinski definition) is 2. The molecule has 0 aromatic rings. The average molecular weight is 270 g/mol. The van der Waals surface area contributed by atoms with Crippen LogP contribution in [0.2, 0.25) is 0 Å². The van der Waals surface area contributed by atoms with Crippen molar-refractivity contribution in [3.8, 4) is 0 Å². The van der Waals surface area contributed by atoms with Gasteiger partial charge < -0.3 is 20.7 Å². The van der Waals surface area contributed by atoms with E-state index in [9.17, 15) is 4.79 Å². The molecule has 0 bridgehead atoms. The molecule has 1 rings (SSSR count). The van der Waals surface area contributed by atoms with E-state index >= 15 is 0 Å². The van der Waals surface area contributed by atoms with Gasteiger partial charge in [0.25, 0.3) is 0 Å². The van der Waals surface area contributed by atoms with Gasteiger partial charge in [-0.25, -0.2) is 0 Å². The van der Waals surface area contributed by atoms with Crippen molar-refractivity contribution in [3.63, 3.8) is 0 Å². The maximum Gasteiger partial charge on any atom is 0.233 e. The van der Waals surface area contributed by atoms with Crippen LogP contribution < -0.4 is 5.73 Å². The first-order valence-corrected chi connectivity index (χ1v) is 6.93. The van der Waals surface area contributed by atoms with Crippen LogP contribution in [-0.2, 0) is 4.79 Å². The number of nitrogens with two attached hydrogens (primary N) is 1. The van der Waals surface area contributed by atoms with Crippen molar-refractivity contribution in [3.05, 3.63) is 0 Å². The van der Waals surface area contributed by atoms with Gasteiger partial charge in [0.2, 0.25) is 5.91 Å². The molecule has 6 nitrogen and oxygen atoms in total. The van der Waals surface area contributed by atoms with Crippen LogP contribution in [0.4, 0.5) is 0 Å². The number of likely N-dealkylation sites (tertiary alicyclic amines) is 1. The lowest BCUT2D eigenvalue weighted by Crippen LogP contribution is -2.48. The number of nitrogens with zero attached hydrogens (tertiary/aromatic N) is 3. The van der Waals surface area contributed by atoms with E-state index in [4.69, 9.17) is 10.9 Å². The predicted octanol–water partition coefficient (Wildman–Crippen LogP) is 0.702. The highest BCUT2D eigenvalue weighted by Gasteiger charge is 2.30. The van der Waals surface area contributed by atoms with Gasteiger partial charge in [-0.3, -0.25) is 4.79 Å². The van der Waals surface area contributed by atoms with Gasteiger partial charge in [0.1, 0.15) is 0 Å². The minimum Gasteiger partial charge on any atom is -0.409 e. The smallest absolute Gasteiger partial charge is 0.233 e. The molecular weight excluding hydrogens is 244 g/mol. The molecule has 0 aliphatic carbocycles. The minimum absolute atomic E-state index is 0.00523. The third kappa shape index (κ3) is 4.09. The Kier molecular flexibility index (Phi) is 6.08. The quantitative estimate of drug-likeness (QED) is 0.333. The van der Waals surface area contributed by atoms with Crippen molar-refractivity contribution in [2.75, 3.05) is 27.2 Å². The fraction of sp³-hybridized carbons (Fsp3) is 0.846. The second-order valence-corrected chi connectivity index (χ2v) is 5.39. The summed E-state index contributed by atoms with van der Waals surface area (Å²) in [6.07, 6.45) is 3.42. The monoisotopic (exact) mass is 270 g/mol. The summed E-state index contributed by atoms with van der Waals surface area (Å²) >= 11 is 0. The Hall–Kier alpha value is -1.30. The average Bonchev–Trinajstić information content (AvgIpc) is 2.43. The summed E-state index contributed by atoms with van der Waals surface area (Å²) in [5, 5.41) is 11.8. The Morgan fingerprint density at radius 2 is 2.05 bits per heavy atom. The summed E-state index contributed by atoms with van der Waals surface area (Å²) in [5.74, 6) is -0.457. The fourth-order valence-electron chi connectivity index (χ4n) is 2.58. The van der Waals surface area contributed by atoms with Crippen LogP contribution in [0.15, 0.2) is 5.16 Å². The van der Waals surface area contributed by atoms with Crippen LogP contribution in [0.3, 0.4) is 0 Å². The first kappa shape index (κ1) is 15.8. The summed E-state index contributed by atoms with van der Waals surface area (Å²) in [6.45, 7) is 3.49. The summed E-state index contributed by atoms with van der Waals surface area (Å²) in [5.41, 5.74) is 5.63. The zero-order valence-electron chi connectivity index (χ0n) is 12.2. The lowest BCUT2D eigenvalue weighted by Gasteiger charge is -2.36. The fourth-order valence-corrected chi connectivity index (χ4v) is 2.58. The number of carbonyl (C=O) groups excluding carboxylic acids is 1. The Labute approximate surface area is 115 Å². The van der Waals surface area contributed by atoms with Crippen LogP contribution in [0.1, 0.15) is 32.6 Å². The number of amidine groups is 1. The number of oxime groups is 1. The van der Waals surface area contributed by atoms with Crippen molar-refractivity contribution in [1.82, 2.24) is 9.80 Å². The van der Waals surface area contributed by atoms with E-state index in [1.165, 1.54) is 0 Å². The molecule has 1 heterocycles. The van der Waals surface area contributed by atoms with Crippen molar-refractivity contribution >= 4 is 11.7 Å². The van der Waals surface area contributed by atoms with Gasteiger partial charge >= 0.3 is 0 Å². The van der Waals surface area contributed by atoms with Gasteiger partial charge in [0.15, 0.2) is 5.84 Å². The molecule has 1 atom stereocenters. The molecule has 1 aliphatic rings. The third-order valence-electron chi connectivity index (χ3n) is 3.85. The highest BCUT2D eigenvalue weighted by molar-refractivity contribution is 6.02. The van der Waals surface area contributed by atoms with Gasteiger partial charge in [0, 0.05) is 19.1 Å². The molecule has 1 amide bonds. The molecule has 1 saturated heterocycles. The molecule has 1 fully saturated rings. The topological polar surface area (TPSA) is 82.2 Å². The van der Waals surface area contributed by atoms with Crippen LogP contribution in [0.25, 0.3) is 0 Å². The standard InChI is InChI=1S/C13H26N4O2/c1-4-5-11(12(14)15-19)13(18)17-8-6-10(7-9-17)16(2)3/h10-11,19H,4-9H2,1-3H3,(H2,14,15). The SMILES string of the molecule is CCCC(C(=O)N1CCC(N(C)C)CC1)C(N)=NO. The Bertz CT molecular complexity index is 323. The van der Waals surface area contributed by atoms with Gasteiger partial charge in [-0.1, -0.05) is 18.5 Å². The van der Waals surface area contributed by atoms with Crippen LogP contribution >= 0.6 is 0 Å². The van der Waals surface area contributed by atoms with Crippen LogP contribution in [0, 0.1) is 5.92 Å². The molecule has 3 N–H and O–H groups in total. The van der Waals surface area contributed by atoms with Crippen molar-refractivity contribution in [1.29, 1.82) is 0 Å². The molecule has 0 saturated carbocycles. The first-order chi connectivity index (χ1) is 9.01. The molecule has 1 unspecified atom stereocenters. The third-order valence-corrected chi connectivity index (χ3v) is 3.85. The van der Waals surface area contributed by atoms with E-state index < -0.39 is 5.92 Å². The second-order valence-electron chi connectivity index (χ2n) is 5.39. The molecule has 0 aromatic carbocycles. The van der Waals surface area contributed by atoms with E-state index in [0.29, 0.717) is 12.5 Å². The van der Waals surface area contributed by atoms with E-state index in [0.717, 1.165) is 32.4 Å². The van der Waals surface area contributed by atoms with Gasteiger partial charge in [0.05, 0.1) is 5.92 Å². The van der Waals surface area contributed by atoms with Crippen LogP contribution in [-0.4, -0.2) is 60.0 Å². The summed E-state index contributed by atoms with van der Waals surface area (Å²) in [6, 6.07) is 0.539. The van der Waals surface area contributed by atoms with E-state index in [-0.39, 0.29) is 11.7 Å². The largest absolute Gasteiger partial charge is 0.409 e. The lowest BCUT2D eigenvalue weighted by molar-refractivity contribution is -0.135. The van der Waals surface area contributed by atoms with Crippen LogP contribution in [0.5, 0.6) is 0 Å². The Morgan fingerprint density at radius 3 is 2.47 bits per heavy atom. The number of piperidine rings is 1. The molecule has 19 heavy (non-hydrogen) atoms. The van der Waals surface area contributed by atoms with E-state index in [2.05, 4.69) is 24.2 Å².